The highest BCUT2D eigenvalue weighted by Crippen LogP contribution is 2.20. The van der Waals surface area contributed by atoms with Crippen molar-refractivity contribution in [2.24, 2.45) is 0 Å². The summed E-state index contributed by atoms with van der Waals surface area (Å²) in [6.07, 6.45) is -0.372. The molecule has 0 aliphatic rings. The van der Waals surface area contributed by atoms with Crippen LogP contribution in [0.25, 0.3) is 0 Å². The van der Waals surface area contributed by atoms with Gasteiger partial charge < -0.3 is 4.74 Å². The highest BCUT2D eigenvalue weighted by Gasteiger charge is 2.23. The molecule has 2 aromatic carbocycles. The van der Waals surface area contributed by atoms with Gasteiger partial charge in [-0.1, -0.05) is 60.7 Å². The first-order valence-corrected chi connectivity index (χ1v) is 12.7. The number of benzene rings is 2. The summed E-state index contributed by atoms with van der Waals surface area (Å²) in [7, 11) is -4.02. The lowest BCUT2D eigenvalue weighted by Crippen LogP contribution is -2.36. The summed E-state index contributed by atoms with van der Waals surface area (Å²) in [4.78, 5) is 37.3. The fourth-order valence-electron chi connectivity index (χ4n) is 2.95. The molecule has 0 spiro atoms. The Morgan fingerprint density at radius 3 is 2.30 bits per heavy atom. The first-order chi connectivity index (χ1) is 15.7. The van der Waals surface area contributed by atoms with E-state index in [-0.39, 0.29) is 18.8 Å². The molecule has 0 saturated carbocycles. The number of ether oxygens (including phenoxy) is 1. The summed E-state index contributed by atoms with van der Waals surface area (Å²) in [5.41, 5.74) is 1.84. The van der Waals surface area contributed by atoms with Crippen molar-refractivity contribution >= 4 is 39.0 Å². The molecule has 0 aliphatic carbocycles. The Morgan fingerprint density at radius 1 is 0.970 bits per heavy atom. The molecule has 1 aromatic heterocycles. The van der Waals surface area contributed by atoms with Crippen molar-refractivity contribution in [3.63, 3.8) is 0 Å². The molecule has 33 heavy (non-hydrogen) atoms. The maximum absolute atomic E-state index is 12.4. The maximum Gasteiger partial charge on any atom is 0.307 e. The Morgan fingerprint density at radius 2 is 1.67 bits per heavy atom. The number of hydrogen-bond acceptors (Lipinski definition) is 7. The second-order valence-electron chi connectivity index (χ2n) is 7.33. The second kappa shape index (κ2) is 11.0. The predicted octanol–water partition coefficient (Wildman–Crippen LogP) is 3.66. The van der Waals surface area contributed by atoms with Gasteiger partial charge in [0, 0.05) is 5.56 Å². The van der Waals surface area contributed by atoms with E-state index in [1.165, 1.54) is 11.3 Å². The first kappa shape index (κ1) is 24.3. The van der Waals surface area contributed by atoms with Gasteiger partial charge >= 0.3 is 5.97 Å². The van der Waals surface area contributed by atoms with Gasteiger partial charge in [-0.05, 0) is 29.5 Å². The van der Waals surface area contributed by atoms with E-state index < -0.39 is 33.6 Å². The molecule has 3 rings (SSSR count). The first-order valence-electron chi connectivity index (χ1n) is 10.2. The quantitative estimate of drug-likeness (QED) is 0.347. The molecule has 0 bridgehead atoms. The highest BCUT2D eigenvalue weighted by atomic mass is 32.2. The van der Waals surface area contributed by atoms with E-state index in [1.807, 2.05) is 16.2 Å². The fourth-order valence-corrected chi connectivity index (χ4v) is 4.65. The van der Waals surface area contributed by atoms with Crippen LogP contribution in [0.2, 0.25) is 0 Å². The summed E-state index contributed by atoms with van der Waals surface area (Å²) in [6, 6.07) is 19.0. The molecule has 7 nitrogen and oxygen atoms in total. The fraction of sp³-hybridized carbons (Fsp3) is 0.208. The Bertz CT molecular complexity index is 1200. The number of sulfonamides is 1. The van der Waals surface area contributed by atoms with Crippen molar-refractivity contribution in [3.05, 3.63) is 93.7 Å². The summed E-state index contributed by atoms with van der Waals surface area (Å²) in [6.45, 7) is 1.61. The minimum Gasteiger partial charge on any atom is -0.461 e. The molecule has 1 N–H and O–H groups in total. The topological polar surface area (TPSA) is 107 Å². The normalized spacial score (nSPS) is 12.0. The van der Waals surface area contributed by atoms with Crippen molar-refractivity contribution in [3.8, 4) is 0 Å². The third-order valence-electron chi connectivity index (χ3n) is 4.88. The summed E-state index contributed by atoms with van der Waals surface area (Å²) < 4.78 is 31.6. The number of amides is 1. The Kier molecular flexibility index (Phi) is 8.13. The predicted molar refractivity (Wildman–Crippen MR) is 125 cm³/mol. The SMILES string of the molecule is CC(C(=O)NS(=O)(=O)CCC(=O)OCc1ccccc1)c1ccc(C(=O)c2cccs2)cc1. The average Bonchev–Trinajstić information content (AvgIpc) is 3.36. The molecule has 1 atom stereocenters. The lowest BCUT2D eigenvalue weighted by atomic mass is 9.98. The number of esters is 1. The van der Waals surface area contributed by atoms with Crippen LogP contribution in [0.3, 0.4) is 0 Å². The van der Waals surface area contributed by atoms with Crippen molar-refractivity contribution in [2.75, 3.05) is 5.75 Å². The van der Waals surface area contributed by atoms with Crippen molar-refractivity contribution < 1.29 is 27.5 Å². The third-order valence-corrected chi connectivity index (χ3v) is 7.01. The largest absolute Gasteiger partial charge is 0.461 e. The van der Waals surface area contributed by atoms with Gasteiger partial charge in [0.2, 0.25) is 21.7 Å². The number of carbonyl (C=O) groups excluding carboxylic acids is 3. The van der Waals surface area contributed by atoms with Crippen LogP contribution in [0.15, 0.2) is 72.1 Å². The number of nitrogens with one attached hydrogen (secondary N) is 1. The monoisotopic (exact) mass is 485 g/mol. The molecule has 9 heteroatoms. The van der Waals surface area contributed by atoms with Crippen LogP contribution in [-0.2, 0) is 31.0 Å². The number of ketones is 1. The second-order valence-corrected chi connectivity index (χ2v) is 10.1. The van der Waals surface area contributed by atoms with E-state index >= 15 is 0 Å². The Hall–Kier alpha value is -3.30. The smallest absolute Gasteiger partial charge is 0.307 e. The maximum atomic E-state index is 12.4. The number of hydrogen-bond donors (Lipinski definition) is 1. The zero-order valence-corrected chi connectivity index (χ0v) is 19.5. The lowest BCUT2D eigenvalue weighted by molar-refractivity contribution is -0.144. The molecule has 0 fully saturated rings. The van der Waals surface area contributed by atoms with Gasteiger partial charge in [0.05, 0.1) is 23.0 Å². The Labute approximate surface area is 196 Å². The molecule has 0 aliphatic heterocycles. The van der Waals surface area contributed by atoms with Gasteiger partial charge in [-0.15, -0.1) is 11.3 Å². The van der Waals surface area contributed by atoms with E-state index in [4.69, 9.17) is 4.74 Å². The van der Waals surface area contributed by atoms with Gasteiger partial charge in [0.1, 0.15) is 6.61 Å². The molecule has 0 saturated heterocycles. The molecular formula is C24H23NO6S2. The average molecular weight is 486 g/mol. The van der Waals surface area contributed by atoms with Gasteiger partial charge in [-0.3, -0.25) is 19.1 Å². The van der Waals surface area contributed by atoms with E-state index in [2.05, 4.69) is 0 Å². The van der Waals surface area contributed by atoms with E-state index in [9.17, 15) is 22.8 Å². The molecule has 0 radical (unpaired) electrons. The summed E-state index contributed by atoms with van der Waals surface area (Å²) in [5, 5.41) is 1.82. The van der Waals surface area contributed by atoms with Crippen LogP contribution in [0.1, 0.15) is 45.6 Å². The van der Waals surface area contributed by atoms with Gasteiger partial charge in [0.15, 0.2) is 0 Å². The van der Waals surface area contributed by atoms with Crippen LogP contribution in [0, 0.1) is 0 Å². The van der Waals surface area contributed by atoms with Crippen LogP contribution in [-0.4, -0.2) is 31.8 Å². The van der Waals surface area contributed by atoms with E-state index in [1.54, 1.807) is 67.6 Å². The van der Waals surface area contributed by atoms with Crippen LogP contribution >= 0.6 is 11.3 Å². The van der Waals surface area contributed by atoms with Crippen molar-refractivity contribution in [1.29, 1.82) is 0 Å². The number of carbonyl (C=O) groups is 3. The lowest BCUT2D eigenvalue weighted by Gasteiger charge is -2.13. The molecule has 172 valence electrons. The minimum absolute atomic E-state index is 0.0497. The van der Waals surface area contributed by atoms with Gasteiger partial charge in [-0.2, -0.15) is 0 Å². The zero-order chi connectivity index (χ0) is 23.8. The minimum atomic E-state index is -4.02. The van der Waals surface area contributed by atoms with Crippen LogP contribution < -0.4 is 4.72 Å². The summed E-state index contributed by atoms with van der Waals surface area (Å²) >= 11 is 1.34. The molecule has 1 heterocycles. The number of thiophene rings is 1. The number of rotatable bonds is 10. The van der Waals surface area contributed by atoms with Gasteiger partial charge in [0.25, 0.3) is 0 Å². The van der Waals surface area contributed by atoms with Crippen LogP contribution in [0.4, 0.5) is 0 Å². The van der Waals surface area contributed by atoms with Crippen LogP contribution in [0.5, 0.6) is 0 Å². The molecule has 3 aromatic rings. The zero-order valence-electron chi connectivity index (χ0n) is 17.9. The van der Waals surface area contributed by atoms with E-state index in [0.29, 0.717) is 16.0 Å². The molecule has 1 amide bonds. The van der Waals surface area contributed by atoms with Gasteiger partial charge in [-0.25, -0.2) is 8.42 Å². The molecular weight excluding hydrogens is 462 g/mol. The highest BCUT2D eigenvalue weighted by molar-refractivity contribution is 7.90. The van der Waals surface area contributed by atoms with Crippen molar-refractivity contribution in [2.45, 2.75) is 25.9 Å². The molecule has 1 unspecified atom stereocenters. The Balaban J connectivity index is 1.50. The third kappa shape index (κ3) is 7.10. The standard InChI is InChI=1S/C24H23NO6S2/c1-17(19-9-11-20(12-10-19)23(27)21-8-5-14-32-21)24(28)25-33(29,30)15-13-22(26)31-16-18-6-3-2-4-7-18/h2-12,14,17H,13,15-16H2,1H3,(H,25,28). The van der Waals surface area contributed by atoms with Crippen molar-refractivity contribution in [1.82, 2.24) is 4.72 Å². The van der Waals surface area contributed by atoms with E-state index in [0.717, 1.165) is 5.56 Å². The summed E-state index contributed by atoms with van der Waals surface area (Å²) in [5.74, 6) is -2.83.